The molecule has 4 nitrogen and oxygen atoms in total. The number of nitrogens with zero attached hydrogens (tertiary/aromatic N) is 2. The lowest BCUT2D eigenvalue weighted by Crippen LogP contribution is -2.23. The van der Waals surface area contributed by atoms with E-state index >= 15 is 0 Å². The van der Waals surface area contributed by atoms with Crippen molar-refractivity contribution >= 4 is 34.8 Å². The van der Waals surface area contributed by atoms with Gasteiger partial charge in [-0.25, -0.2) is 4.98 Å². The molecular formula is C15H15Cl2N3O. The Hall–Kier alpha value is -1.78. The summed E-state index contributed by atoms with van der Waals surface area (Å²) in [5.74, 6) is -0.238. The van der Waals surface area contributed by atoms with Crippen LogP contribution in [0.15, 0.2) is 36.4 Å². The fraction of sp³-hybridized carbons (Fsp3) is 0.200. The van der Waals surface area contributed by atoms with E-state index in [4.69, 9.17) is 23.2 Å². The van der Waals surface area contributed by atoms with Crippen LogP contribution in [-0.4, -0.2) is 25.0 Å². The molecule has 0 aliphatic carbocycles. The van der Waals surface area contributed by atoms with Crippen molar-refractivity contribution in [2.24, 2.45) is 0 Å². The fourth-order valence-corrected chi connectivity index (χ4v) is 2.25. The van der Waals surface area contributed by atoms with Crippen molar-refractivity contribution in [3.63, 3.8) is 0 Å². The van der Waals surface area contributed by atoms with Crippen molar-refractivity contribution in [1.82, 2.24) is 10.3 Å². The summed E-state index contributed by atoms with van der Waals surface area (Å²) in [6, 6.07) is 10.9. The number of hydrogen-bond acceptors (Lipinski definition) is 3. The summed E-state index contributed by atoms with van der Waals surface area (Å²) in [6.07, 6.45) is 0. The van der Waals surface area contributed by atoms with Gasteiger partial charge in [-0.1, -0.05) is 35.3 Å². The summed E-state index contributed by atoms with van der Waals surface area (Å²) < 4.78 is 0. The number of nitrogens with one attached hydrogen (secondary N) is 1. The van der Waals surface area contributed by atoms with E-state index in [9.17, 15) is 4.79 Å². The highest BCUT2D eigenvalue weighted by molar-refractivity contribution is 6.33. The van der Waals surface area contributed by atoms with E-state index in [1.54, 1.807) is 0 Å². The van der Waals surface area contributed by atoms with Crippen molar-refractivity contribution in [2.75, 3.05) is 19.0 Å². The molecule has 1 aromatic heterocycles. The Balaban J connectivity index is 2.00. The highest BCUT2D eigenvalue weighted by Gasteiger charge is 2.08. The lowest BCUT2D eigenvalue weighted by Gasteiger charge is -2.13. The fourth-order valence-electron chi connectivity index (χ4n) is 1.79. The number of amides is 1. The maximum absolute atomic E-state index is 12.0. The van der Waals surface area contributed by atoms with E-state index in [1.807, 2.05) is 43.3 Å². The number of hydrogen-bond donors (Lipinski definition) is 1. The molecule has 0 saturated heterocycles. The molecule has 2 rings (SSSR count). The van der Waals surface area contributed by atoms with Gasteiger partial charge >= 0.3 is 0 Å². The number of aromatic nitrogens is 1. The van der Waals surface area contributed by atoms with E-state index in [1.165, 1.54) is 12.1 Å². The molecular weight excluding hydrogens is 309 g/mol. The third-order valence-corrected chi connectivity index (χ3v) is 3.32. The minimum absolute atomic E-state index is 0.197. The Kier molecular flexibility index (Phi) is 5.04. The third kappa shape index (κ3) is 4.34. The van der Waals surface area contributed by atoms with Gasteiger partial charge in [0.15, 0.2) is 0 Å². The number of carbonyl (C=O) groups excluding carboxylic acids is 1. The second kappa shape index (κ2) is 6.78. The van der Waals surface area contributed by atoms with Gasteiger partial charge in [-0.3, -0.25) is 4.79 Å². The average Bonchev–Trinajstić information content (AvgIpc) is 2.44. The zero-order valence-electron chi connectivity index (χ0n) is 11.7. The molecule has 0 bridgehead atoms. The van der Waals surface area contributed by atoms with Crippen LogP contribution in [0.5, 0.6) is 0 Å². The largest absolute Gasteiger partial charge is 0.378 e. The van der Waals surface area contributed by atoms with E-state index < -0.39 is 0 Å². The number of halogens is 2. The summed E-state index contributed by atoms with van der Waals surface area (Å²) in [6.45, 7) is 0.435. The SMILES string of the molecule is CN(C)c1ccc(CNC(=O)c2cc(Cl)nc(Cl)c2)cc1. The van der Waals surface area contributed by atoms with Gasteiger partial charge in [-0.2, -0.15) is 0 Å². The van der Waals surface area contributed by atoms with Gasteiger partial charge in [0.05, 0.1) is 0 Å². The van der Waals surface area contributed by atoms with Crippen LogP contribution in [0.4, 0.5) is 5.69 Å². The molecule has 0 aliphatic heterocycles. The number of benzene rings is 1. The molecule has 1 amide bonds. The summed E-state index contributed by atoms with van der Waals surface area (Å²) in [4.78, 5) is 17.9. The van der Waals surface area contributed by atoms with Gasteiger partial charge in [0, 0.05) is 31.9 Å². The molecule has 0 unspecified atom stereocenters. The Labute approximate surface area is 133 Å². The first-order chi connectivity index (χ1) is 9.95. The molecule has 1 heterocycles. The number of pyridine rings is 1. The molecule has 0 atom stereocenters. The van der Waals surface area contributed by atoms with E-state index in [2.05, 4.69) is 10.3 Å². The quantitative estimate of drug-likeness (QED) is 0.877. The van der Waals surface area contributed by atoms with Gasteiger partial charge in [-0.05, 0) is 29.8 Å². The lowest BCUT2D eigenvalue weighted by atomic mass is 10.2. The zero-order chi connectivity index (χ0) is 15.4. The Morgan fingerprint density at radius 1 is 1.14 bits per heavy atom. The first kappa shape index (κ1) is 15.6. The second-order valence-electron chi connectivity index (χ2n) is 4.74. The van der Waals surface area contributed by atoms with Crippen molar-refractivity contribution in [3.05, 3.63) is 57.8 Å². The summed E-state index contributed by atoms with van der Waals surface area (Å²) >= 11 is 11.6. The van der Waals surface area contributed by atoms with Crippen molar-refractivity contribution in [3.8, 4) is 0 Å². The predicted molar refractivity (Wildman–Crippen MR) is 86.2 cm³/mol. The van der Waals surface area contributed by atoms with E-state index in [-0.39, 0.29) is 16.2 Å². The van der Waals surface area contributed by atoms with Crippen LogP contribution in [0.25, 0.3) is 0 Å². The Morgan fingerprint density at radius 3 is 2.24 bits per heavy atom. The third-order valence-electron chi connectivity index (χ3n) is 2.93. The van der Waals surface area contributed by atoms with Crippen molar-refractivity contribution in [1.29, 1.82) is 0 Å². The Bertz CT molecular complexity index is 622. The Morgan fingerprint density at radius 2 is 1.71 bits per heavy atom. The van der Waals surface area contributed by atoms with Crippen molar-refractivity contribution < 1.29 is 4.79 Å². The monoisotopic (exact) mass is 323 g/mol. The zero-order valence-corrected chi connectivity index (χ0v) is 13.2. The minimum atomic E-state index is -0.238. The minimum Gasteiger partial charge on any atom is -0.378 e. The number of anilines is 1. The summed E-state index contributed by atoms with van der Waals surface area (Å²) in [5, 5.41) is 3.22. The first-order valence-electron chi connectivity index (χ1n) is 6.33. The molecule has 1 N–H and O–H groups in total. The van der Waals surface area contributed by atoms with Crippen molar-refractivity contribution in [2.45, 2.75) is 6.54 Å². The van der Waals surface area contributed by atoms with E-state index in [0.29, 0.717) is 12.1 Å². The molecule has 21 heavy (non-hydrogen) atoms. The predicted octanol–water partition coefficient (Wildman–Crippen LogP) is 3.38. The topological polar surface area (TPSA) is 45.2 Å². The summed E-state index contributed by atoms with van der Waals surface area (Å²) in [5.41, 5.74) is 2.52. The van der Waals surface area contributed by atoms with Crippen LogP contribution in [0.1, 0.15) is 15.9 Å². The normalized spacial score (nSPS) is 10.3. The van der Waals surface area contributed by atoms with Crippen LogP contribution in [0, 0.1) is 0 Å². The molecule has 2 aromatic rings. The van der Waals surface area contributed by atoms with E-state index in [0.717, 1.165) is 11.3 Å². The van der Waals surface area contributed by atoms with Crippen LogP contribution in [0.3, 0.4) is 0 Å². The summed E-state index contributed by atoms with van der Waals surface area (Å²) in [7, 11) is 3.96. The highest BCUT2D eigenvalue weighted by atomic mass is 35.5. The first-order valence-corrected chi connectivity index (χ1v) is 7.09. The van der Waals surface area contributed by atoms with Gasteiger partial charge in [0.2, 0.25) is 0 Å². The maximum atomic E-state index is 12.0. The number of carbonyl (C=O) groups is 1. The molecule has 6 heteroatoms. The molecule has 0 saturated carbocycles. The molecule has 110 valence electrons. The lowest BCUT2D eigenvalue weighted by molar-refractivity contribution is 0.0951. The second-order valence-corrected chi connectivity index (χ2v) is 5.52. The van der Waals surface area contributed by atoms with Crippen LogP contribution >= 0.6 is 23.2 Å². The average molecular weight is 324 g/mol. The molecule has 1 aromatic carbocycles. The van der Waals surface area contributed by atoms with Gasteiger partial charge in [-0.15, -0.1) is 0 Å². The molecule has 0 fully saturated rings. The van der Waals surface area contributed by atoms with Gasteiger partial charge in [0.25, 0.3) is 5.91 Å². The highest BCUT2D eigenvalue weighted by Crippen LogP contribution is 2.15. The van der Waals surface area contributed by atoms with Crippen LogP contribution < -0.4 is 10.2 Å². The maximum Gasteiger partial charge on any atom is 0.251 e. The van der Waals surface area contributed by atoms with Gasteiger partial charge < -0.3 is 10.2 Å². The van der Waals surface area contributed by atoms with Crippen LogP contribution in [0.2, 0.25) is 10.3 Å². The van der Waals surface area contributed by atoms with Crippen LogP contribution in [-0.2, 0) is 6.54 Å². The molecule has 0 spiro atoms. The molecule has 0 radical (unpaired) electrons. The number of rotatable bonds is 4. The smallest absolute Gasteiger partial charge is 0.251 e. The standard InChI is InChI=1S/C15H15Cl2N3O/c1-20(2)12-5-3-10(4-6-12)9-18-15(21)11-7-13(16)19-14(17)8-11/h3-8H,9H2,1-2H3,(H,18,21). The van der Waals surface area contributed by atoms with Gasteiger partial charge in [0.1, 0.15) is 10.3 Å². The molecule has 0 aliphatic rings.